The van der Waals surface area contributed by atoms with Crippen molar-refractivity contribution in [2.45, 2.75) is 6.29 Å². The van der Waals surface area contributed by atoms with Crippen LogP contribution in [0.3, 0.4) is 0 Å². The lowest BCUT2D eigenvalue weighted by molar-refractivity contribution is -0.287. The van der Waals surface area contributed by atoms with Crippen LogP contribution in [0.25, 0.3) is 0 Å². The first-order chi connectivity index (χ1) is 5.98. The molecule has 0 unspecified atom stereocenters. The summed E-state index contributed by atoms with van der Waals surface area (Å²) in [6.45, 7) is 0. The van der Waals surface area contributed by atoms with E-state index in [1.165, 1.54) is 0 Å². The van der Waals surface area contributed by atoms with Gasteiger partial charge in [0.1, 0.15) is 5.82 Å². The minimum Gasteiger partial charge on any atom is -0.395 e. The molecular formula is C7H2F4O2. The lowest BCUT2D eigenvalue weighted by Crippen LogP contribution is -2.26. The summed E-state index contributed by atoms with van der Waals surface area (Å²) in [5, 5.41) is 0. The van der Waals surface area contributed by atoms with Crippen molar-refractivity contribution in [3.8, 4) is 11.5 Å². The van der Waals surface area contributed by atoms with Crippen molar-refractivity contribution in [3.05, 3.63) is 23.8 Å². The van der Waals surface area contributed by atoms with Gasteiger partial charge >= 0.3 is 6.29 Å². The van der Waals surface area contributed by atoms with Crippen LogP contribution in [0, 0.1) is 11.6 Å². The van der Waals surface area contributed by atoms with Crippen molar-refractivity contribution >= 4 is 0 Å². The monoisotopic (exact) mass is 194 g/mol. The Bertz CT molecular complexity index is 364. The van der Waals surface area contributed by atoms with Crippen LogP contribution in [0.1, 0.15) is 0 Å². The molecule has 0 bridgehead atoms. The number of hydrogen-bond donors (Lipinski definition) is 0. The third-order valence-electron chi connectivity index (χ3n) is 1.42. The van der Waals surface area contributed by atoms with Crippen LogP contribution in [0.15, 0.2) is 12.1 Å². The van der Waals surface area contributed by atoms with Gasteiger partial charge in [-0.15, -0.1) is 8.78 Å². The van der Waals surface area contributed by atoms with Gasteiger partial charge in [0.25, 0.3) is 0 Å². The maximum Gasteiger partial charge on any atom is 0.586 e. The smallest absolute Gasteiger partial charge is 0.395 e. The van der Waals surface area contributed by atoms with Crippen LogP contribution in [0.5, 0.6) is 11.5 Å². The molecule has 0 spiro atoms. The first-order valence-corrected chi connectivity index (χ1v) is 3.23. The largest absolute Gasteiger partial charge is 0.586 e. The second kappa shape index (κ2) is 2.27. The van der Waals surface area contributed by atoms with Crippen molar-refractivity contribution in [3.63, 3.8) is 0 Å². The van der Waals surface area contributed by atoms with Gasteiger partial charge in [-0.2, -0.15) is 0 Å². The van der Waals surface area contributed by atoms with E-state index in [0.717, 1.165) is 0 Å². The average molecular weight is 194 g/mol. The summed E-state index contributed by atoms with van der Waals surface area (Å²) in [5.74, 6) is -3.63. The Morgan fingerprint density at radius 2 is 1.77 bits per heavy atom. The molecule has 0 fully saturated rings. The molecule has 0 aromatic heterocycles. The molecule has 6 heteroatoms. The standard InChI is InChI=1S/C7H2F4O2/c8-3-1-4(9)6-5(2-3)12-7(10,11)13-6/h1-2H. The van der Waals surface area contributed by atoms with Gasteiger partial charge in [0.05, 0.1) is 0 Å². The van der Waals surface area contributed by atoms with Crippen LogP contribution in [0.2, 0.25) is 0 Å². The molecule has 1 aliphatic rings. The minimum absolute atomic E-state index is 0.434. The van der Waals surface area contributed by atoms with Crippen LogP contribution < -0.4 is 9.47 Å². The van der Waals surface area contributed by atoms with E-state index in [1.54, 1.807) is 0 Å². The molecule has 0 amide bonds. The molecule has 70 valence electrons. The van der Waals surface area contributed by atoms with Gasteiger partial charge < -0.3 is 9.47 Å². The third-order valence-corrected chi connectivity index (χ3v) is 1.42. The molecule has 0 saturated heterocycles. The number of ether oxygens (including phenoxy) is 2. The van der Waals surface area contributed by atoms with Crippen molar-refractivity contribution < 1.29 is 27.0 Å². The first kappa shape index (κ1) is 8.15. The Balaban J connectivity index is 2.52. The van der Waals surface area contributed by atoms with Crippen LogP contribution in [-0.2, 0) is 0 Å². The molecule has 0 radical (unpaired) electrons. The number of halogens is 4. The highest BCUT2D eigenvalue weighted by Gasteiger charge is 2.45. The van der Waals surface area contributed by atoms with E-state index in [-0.39, 0.29) is 0 Å². The lowest BCUT2D eigenvalue weighted by Gasteiger charge is -2.04. The second-order valence-electron chi connectivity index (χ2n) is 2.38. The summed E-state index contributed by atoms with van der Waals surface area (Å²) in [5.41, 5.74) is 0. The van der Waals surface area contributed by atoms with E-state index in [4.69, 9.17) is 0 Å². The van der Waals surface area contributed by atoms with E-state index >= 15 is 0 Å². The van der Waals surface area contributed by atoms with Crippen LogP contribution >= 0.6 is 0 Å². The molecule has 0 N–H and O–H groups in total. The summed E-state index contributed by atoms with van der Waals surface area (Å²) >= 11 is 0. The Morgan fingerprint density at radius 1 is 1.08 bits per heavy atom. The van der Waals surface area contributed by atoms with Gasteiger partial charge in [0.2, 0.25) is 5.75 Å². The minimum atomic E-state index is -3.92. The molecule has 13 heavy (non-hydrogen) atoms. The van der Waals surface area contributed by atoms with Crippen molar-refractivity contribution in [1.29, 1.82) is 0 Å². The molecule has 0 aliphatic carbocycles. The zero-order valence-electron chi connectivity index (χ0n) is 5.98. The van der Waals surface area contributed by atoms with Gasteiger partial charge in [-0.05, 0) is 0 Å². The second-order valence-corrected chi connectivity index (χ2v) is 2.38. The maximum absolute atomic E-state index is 12.7. The predicted molar refractivity (Wildman–Crippen MR) is 32.6 cm³/mol. The van der Waals surface area contributed by atoms with E-state index in [2.05, 4.69) is 9.47 Å². The van der Waals surface area contributed by atoms with Crippen molar-refractivity contribution in [2.24, 2.45) is 0 Å². The van der Waals surface area contributed by atoms with Gasteiger partial charge in [0, 0.05) is 12.1 Å². The van der Waals surface area contributed by atoms with Crippen molar-refractivity contribution in [2.75, 3.05) is 0 Å². The van der Waals surface area contributed by atoms with E-state index in [0.29, 0.717) is 12.1 Å². The van der Waals surface area contributed by atoms with E-state index in [1.807, 2.05) is 0 Å². The Morgan fingerprint density at radius 3 is 2.46 bits per heavy atom. The van der Waals surface area contributed by atoms with Gasteiger partial charge in [0.15, 0.2) is 11.6 Å². The summed E-state index contributed by atoms with van der Waals surface area (Å²) < 4.78 is 57.4. The fourth-order valence-electron chi connectivity index (χ4n) is 0.979. The summed E-state index contributed by atoms with van der Waals surface area (Å²) in [6, 6.07) is 1.06. The molecular weight excluding hydrogens is 192 g/mol. The quantitative estimate of drug-likeness (QED) is 0.590. The van der Waals surface area contributed by atoms with E-state index < -0.39 is 29.4 Å². The number of benzene rings is 1. The topological polar surface area (TPSA) is 18.5 Å². The highest BCUT2D eigenvalue weighted by molar-refractivity contribution is 5.43. The first-order valence-electron chi connectivity index (χ1n) is 3.23. The van der Waals surface area contributed by atoms with Crippen molar-refractivity contribution in [1.82, 2.24) is 0 Å². The Labute approximate surface area is 69.7 Å². The molecule has 0 saturated carbocycles. The SMILES string of the molecule is Fc1cc(F)c2c(c1)OC(F)(F)O2. The summed E-state index contributed by atoms with van der Waals surface area (Å²) in [6.07, 6.45) is -3.92. The zero-order valence-corrected chi connectivity index (χ0v) is 5.98. The molecule has 1 aromatic rings. The molecule has 2 nitrogen and oxygen atoms in total. The summed E-state index contributed by atoms with van der Waals surface area (Å²) in [7, 11) is 0. The number of hydrogen-bond acceptors (Lipinski definition) is 2. The average Bonchev–Trinajstić information content (AvgIpc) is 2.23. The number of rotatable bonds is 0. The fourth-order valence-corrected chi connectivity index (χ4v) is 0.979. The highest BCUT2D eigenvalue weighted by Crippen LogP contribution is 2.42. The highest BCUT2D eigenvalue weighted by atomic mass is 19.3. The fraction of sp³-hybridized carbons (Fsp3) is 0.143. The third kappa shape index (κ3) is 1.28. The normalized spacial score (nSPS) is 17.5. The van der Waals surface area contributed by atoms with Crippen LogP contribution in [-0.4, -0.2) is 6.29 Å². The van der Waals surface area contributed by atoms with E-state index in [9.17, 15) is 17.6 Å². The predicted octanol–water partition coefficient (Wildman–Crippen LogP) is 2.29. The van der Waals surface area contributed by atoms with Gasteiger partial charge in [-0.3, -0.25) is 0 Å². The maximum atomic E-state index is 12.7. The molecule has 1 aliphatic heterocycles. The molecule has 2 rings (SSSR count). The Kier molecular flexibility index (Phi) is 1.43. The number of alkyl halides is 2. The number of fused-ring (bicyclic) bond motifs is 1. The van der Waals surface area contributed by atoms with Gasteiger partial charge in [-0.25, -0.2) is 8.78 Å². The molecule has 0 atom stereocenters. The Hall–Kier alpha value is -1.46. The molecule has 1 heterocycles. The lowest BCUT2D eigenvalue weighted by atomic mass is 10.3. The van der Waals surface area contributed by atoms with Crippen LogP contribution in [0.4, 0.5) is 17.6 Å². The zero-order chi connectivity index (χ0) is 9.64. The molecule has 1 aromatic carbocycles. The van der Waals surface area contributed by atoms with Gasteiger partial charge in [-0.1, -0.05) is 0 Å². The summed E-state index contributed by atoms with van der Waals surface area (Å²) in [4.78, 5) is 0.